The Morgan fingerprint density at radius 2 is 1.76 bits per heavy atom. The number of carboxylic acid groups (broad SMARTS) is 1. The van der Waals surface area contributed by atoms with Crippen molar-refractivity contribution in [3.8, 4) is 0 Å². The van der Waals surface area contributed by atoms with Gasteiger partial charge in [0.15, 0.2) is 12.4 Å². The smallest absolute Gasteiger partial charge is 0.338 e. The molecule has 2 heterocycles. The first-order chi connectivity index (χ1) is 20.2. The van der Waals surface area contributed by atoms with E-state index >= 15 is 0 Å². The van der Waals surface area contributed by atoms with Gasteiger partial charge in [-0.15, -0.1) is 0 Å². The van der Waals surface area contributed by atoms with Crippen LogP contribution in [0, 0.1) is 0 Å². The summed E-state index contributed by atoms with van der Waals surface area (Å²) in [5.74, 6) is -4.46. The number of fused-ring (bicyclic) bond motifs is 1. The van der Waals surface area contributed by atoms with Crippen LogP contribution in [0.3, 0.4) is 0 Å². The van der Waals surface area contributed by atoms with Gasteiger partial charge in [-0.25, -0.2) is 9.80 Å². The number of nitrogens with zero attached hydrogens (tertiary/aromatic N) is 2. The minimum atomic E-state index is -1.51. The zero-order chi connectivity index (χ0) is 30.2. The molecule has 2 aliphatic heterocycles. The second-order valence-corrected chi connectivity index (χ2v) is 10.3. The van der Waals surface area contributed by atoms with E-state index in [1.54, 1.807) is 25.2 Å². The van der Waals surface area contributed by atoms with Gasteiger partial charge in [0.05, 0.1) is 18.0 Å². The number of Topliss-reactive ketones (excluding diaryl/α,β-unsaturated/α-hetero) is 1. The number of likely N-dealkylation sites (N-methyl/N-ethyl adjacent to an activating group) is 1. The predicted octanol–water partition coefficient (Wildman–Crippen LogP) is 1.08. The summed E-state index contributed by atoms with van der Waals surface area (Å²) in [6.07, 6.45) is 0.902. The molecule has 0 spiro atoms. The van der Waals surface area contributed by atoms with Crippen LogP contribution in [0.1, 0.15) is 53.6 Å². The molecule has 3 atom stereocenters. The third kappa shape index (κ3) is 7.38. The van der Waals surface area contributed by atoms with Crippen molar-refractivity contribution in [3.63, 3.8) is 0 Å². The van der Waals surface area contributed by atoms with Crippen LogP contribution in [0.2, 0.25) is 0 Å². The zero-order valence-electron chi connectivity index (χ0n) is 23.3. The molecule has 3 N–H and O–H groups in total. The van der Waals surface area contributed by atoms with Crippen molar-refractivity contribution in [2.75, 3.05) is 20.2 Å². The lowest BCUT2D eigenvalue weighted by Crippen LogP contribution is -2.64. The van der Waals surface area contributed by atoms with E-state index in [4.69, 9.17) is 4.74 Å². The quantitative estimate of drug-likeness (QED) is 0.331. The number of hydrazine groups is 1. The average molecular weight is 579 g/mol. The Balaban J connectivity index is 1.41. The Morgan fingerprint density at radius 1 is 1.02 bits per heavy atom. The number of amides is 3. The summed E-state index contributed by atoms with van der Waals surface area (Å²) in [5, 5.41) is 17.1. The van der Waals surface area contributed by atoms with Crippen LogP contribution in [0.5, 0.6) is 0 Å². The maximum absolute atomic E-state index is 13.3. The number of carbonyl (C=O) groups excluding carboxylic acids is 5. The largest absolute Gasteiger partial charge is 0.481 e. The summed E-state index contributed by atoms with van der Waals surface area (Å²) in [5.41, 5.74) is 2.14. The number of ketones is 1. The molecule has 0 aliphatic carbocycles. The minimum absolute atomic E-state index is 0.128. The first-order valence-electron chi connectivity index (χ1n) is 13.8. The number of benzene rings is 2. The van der Waals surface area contributed by atoms with Gasteiger partial charge in [-0.2, -0.15) is 0 Å². The van der Waals surface area contributed by atoms with E-state index in [1.807, 2.05) is 36.4 Å². The highest BCUT2D eigenvalue weighted by Crippen LogP contribution is 2.25. The number of hydrogen-bond acceptors (Lipinski definition) is 8. The van der Waals surface area contributed by atoms with E-state index < -0.39 is 60.7 Å². The van der Waals surface area contributed by atoms with Gasteiger partial charge in [0.2, 0.25) is 11.8 Å². The maximum atomic E-state index is 13.3. The van der Waals surface area contributed by atoms with E-state index in [1.165, 1.54) is 5.01 Å². The number of carbonyl (C=O) groups is 6. The monoisotopic (exact) mass is 578 g/mol. The normalized spacial score (nSPS) is 19.4. The van der Waals surface area contributed by atoms with Crippen molar-refractivity contribution < 1.29 is 38.6 Å². The van der Waals surface area contributed by atoms with Gasteiger partial charge >= 0.3 is 11.9 Å². The van der Waals surface area contributed by atoms with Crippen molar-refractivity contribution in [1.82, 2.24) is 20.7 Å². The molecule has 2 fully saturated rings. The summed E-state index contributed by atoms with van der Waals surface area (Å²) in [4.78, 5) is 76.4. The fourth-order valence-electron chi connectivity index (χ4n) is 5.19. The second kappa shape index (κ2) is 13.9. The lowest BCUT2D eigenvalue weighted by molar-refractivity contribution is -0.176. The highest BCUT2D eigenvalue weighted by Gasteiger charge is 2.44. The number of nitrogens with one attached hydrogen (secondary N) is 2. The third-order valence-corrected chi connectivity index (χ3v) is 7.36. The fraction of sp³-hybridized carbons (Fsp3) is 0.400. The third-order valence-electron chi connectivity index (χ3n) is 7.36. The number of aliphatic carboxylic acids is 1. The molecule has 0 saturated carbocycles. The molecule has 42 heavy (non-hydrogen) atoms. The van der Waals surface area contributed by atoms with Gasteiger partial charge in [0, 0.05) is 13.0 Å². The van der Waals surface area contributed by atoms with E-state index in [0.29, 0.717) is 12.8 Å². The molecule has 2 saturated heterocycles. The first kappa shape index (κ1) is 30.4. The van der Waals surface area contributed by atoms with Gasteiger partial charge in [-0.3, -0.25) is 29.0 Å². The molecule has 2 aromatic carbocycles. The van der Waals surface area contributed by atoms with E-state index in [2.05, 4.69) is 10.6 Å². The fourth-order valence-corrected chi connectivity index (χ4v) is 5.19. The number of carboxylic acids is 1. The van der Waals surface area contributed by atoms with Crippen LogP contribution >= 0.6 is 0 Å². The highest BCUT2D eigenvalue weighted by atomic mass is 16.5. The Bertz CT molecular complexity index is 1350. The summed E-state index contributed by atoms with van der Waals surface area (Å²) in [7, 11) is 1.59. The first-order valence-corrected chi connectivity index (χ1v) is 13.8. The van der Waals surface area contributed by atoms with Crippen LogP contribution in [0.15, 0.2) is 54.6 Å². The number of rotatable bonds is 11. The van der Waals surface area contributed by atoms with E-state index in [0.717, 1.165) is 16.1 Å². The molecular formula is C30H34N4O8. The van der Waals surface area contributed by atoms with E-state index in [9.17, 15) is 33.9 Å². The van der Waals surface area contributed by atoms with Crippen molar-refractivity contribution in [2.24, 2.45) is 0 Å². The van der Waals surface area contributed by atoms with Crippen LogP contribution in [0.4, 0.5) is 0 Å². The van der Waals surface area contributed by atoms with Crippen LogP contribution in [-0.2, 0) is 35.1 Å². The zero-order valence-corrected chi connectivity index (χ0v) is 23.3. The summed E-state index contributed by atoms with van der Waals surface area (Å²) in [6.45, 7) is -0.496. The number of esters is 1. The Morgan fingerprint density at radius 3 is 2.48 bits per heavy atom. The molecule has 4 rings (SSSR count). The molecule has 0 unspecified atom stereocenters. The van der Waals surface area contributed by atoms with Crippen molar-refractivity contribution >= 4 is 35.4 Å². The Labute approximate surface area is 243 Å². The summed E-state index contributed by atoms with van der Waals surface area (Å²) in [6, 6.07) is 13.1. The molecule has 0 bridgehead atoms. The van der Waals surface area contributed by atoms with Crippen molar-refractivity contribution in [3.05, 3.63) is 71.3 Å². The minimum Gasteiger partial charge on any atom is -0.481 e. The maximum Gasteiger partial charge on any atom is 0.338 e. The van der Waals surface area contributed by atoms with Crippen molar-refractivity contribution in [2.45, 2.75) is 56.7 Å². The highest BCUT2D eigenvalue weighted by molar-refractivity contribution is 5.98. The molecule has 2 aromatic rings. The Hall–Kier alpha value is -4.58. The SMILES string of the molecule is CN[C@H]1CCC(=O)N2CCC[C@@H](C(=O)N[C@@H](CC(=O)O)C(=O)COC(=O)c3cccc(Cc4ccccc4)c3)N2C1=O. The summed E-state index contributed by atoms with van der Waals surface area (Å²) < 4.78 is 5.19. The lowest BCUT2D eigenvalue weighted by atomic mass is 10.0. The average Bonchev–Trinajstić information content (AvgIpc) is 3.11. The predicted molar refractivity (Wildman–Crippen MR) is 149 cm³/mol. The van der Waals surface area contributed by atoms with E-state index in [-0.39, 0.29) is 37.3 Å². The number of hydrogen-bond donors (Lipinski definition) is 3. The van der Waals surface area contributed by atoms with Gasteiger partial charge in [-0.1, -0.05) is 42.5 Å². The molecule has 3 amide bonds. The summed E-state index contributed by atoms with van der Waals surface area (Å²) >= 11 is 0. The standard InChI is InChI=1S/C30H34N4O8/c1-31-22-12-13-26(36)33-14-6-11-24(34(33)29(22)40)28(39)32-23(17-27(37)38)25(35)18-42-30(41)21-10-5-9-20(16-21)15-19-7-3-2-4-8-19/h2-5,7-10,16,22-24,31H,6,11-15,17-18H2,1H3,(H,32,39)(H,37,38)/t22-,23-,24-/m0/s1. The van der Waals surface area contributed by atoms with Gasteiger partial charge in [-0.05, 0) is 56.0 Å². The molecule has 0 aromatic heterocycles. The molecule has 222 valence electrons. The van der Waals surface area contributed by atoms with Gasteiger partial charge in [0.1, 0.15) is 12.1 Å². The lowest BCUT2D eigenvalue weighted by Gasteiger charge is -2.43. The molecule has 0 radical (unpaired) electrons. The topological polar surface area (TPSA) is 162 Å². The van der Waals surface area contributed by atoms with Crippen LogP contribution < -0.4 is 10.6 Å². The molecule has 2 aliphatic rings. The molecule has 12 nitrogen and oxygen atoms in total. The number of ether oxygens (including phenoxy) is 1. The van der Waals surface area contributed by atoms with Crippen molar-refractivity contribution in [1.29, 1.82) is 0 Å². The molecular weight excluding hydrogens is 544 g/mol. The van der Waals surface area contributed by atoms with Crippen LogP contribution in [-0.4, -0.2) is 88.9 Å². The van der Waals surface area contributed by atoms with Gasteiger partial charge < -0.3 is 20.5 Å². The molecule has 12 heteroatoms. The van der Waals surface area contributed by atoms with Gasteiger partial charge in [0.25, 0.3) is 5.91 Å². The second-order valence-electron chi connectivity index (χ2n) is 10.3. The Kier molecular flexibility index (Phi) is 10.0. The van der Waals surface area contributed by atoms with Crippen LogP contribution in [0.25, 0.3) is 0 Å².